The summed E-state index contributed by atoms with van der Waals surface area (Å²) in [5.74, 6) is -0.195. The Balaban J connectivity index is 1.61. The summed E-state index contributed by atoms with van der Waals surface area (Å²) in [6.07, 6.45) is -0.350. The predicted molar refractivity (Wildman–Crippen MR) is 105 cm³/mol. The molecular formula is C21H24NO5P. The van der Waals surface area contributed by atoms with Crippen LogP contribution in [0.3, 0.4) is 0 Å². The number of nitrogens with zero attached hydrogens (tertiary/aromatic N) is 1. The first-order chi connectivity index (χ1) is 13.6. The van der Waals surface area contributed by atoms with E-state index < -0.39 is 13.7 Å². The minimum atomic E-state index is -3.25. The average Bonchev–Trinajstić information content (AvgIpc) is 2.74. The van der Waals surface area contributed by atoms with Crippen LogP contribution in [0, 0.1) is 0 Å². The maximum atomic E-state index is 12.9. The highest BCUT2D eigenvalue weighted by Gasteiger charge is 2.56. The minimum Gasteiger partial charge on any atom is -0.361 e. The number of ether oxygens (including phenoxy) is 1. The van der Waals surface area contributed by atoms with Gasteiger partial charge in [-0.2, -0.15) is 0 Å². The van der Waals surface area contributed by atoms with Crippen molar-refractivity contribution in [3.05, 3.63) is 71.3 Å². The van der Waals surface area contributed by atoms with Crippen molar-refractivity contribution in [1.29, 1.82) is 0 Å². The zero-order valence-electron chi connectivity index (χ0n) is 16.0. The molecule has 7 heteroatoms. The van der Waals surface area contributed by atoms with E-state index in [0.717, 1.165) is 16.7 Å². The standard InChI is InChI=1S/C21H24NO5P/c1-25-28(24,26-2)14-18-17-11-7-6-10-16(17)12-22-19(18)20(21(22)23)27-13-15-8-4-3-5-9-15/h3-11,18-20H,12-14H2,1-2H3/t18-,19-,20+/m1/s1. The van der Waals surface area contributed by atoms with E-state index in [-0.39, 0.29) is 24.0 Å². The van der Waals surface area contributed by atoms with Gasteiger partial charge in [0.1, 0.15) is 0 Å². The number of carbonyl (C=O) groups is 1. The third kappa shape index (κ3) is 3.42. The summed E-state index contributed by atoms with van der Waals surface area (Å²) in [7, 11) is -0.462. The molecule has 0 aromatic heterocycles. The molecule has 1 saturated heterocycles. The molecule has 0 saturated carbocycles. The fourth-order valence-electron chi connectivity index (χ4n) is 4.16. The van der Waals surface area contributed by atoms with Crippen LogP contribution in [-0.4, -0.2) is 43.3 Å². The highest BCUT2D eigenvalue weighted by molar-refractivity contribution is 7.53. The van der Waals surface area contributed by atoms with Crippen LogP contribution in [-0.2, 0) is 36.3 Å². The van der Waals surface area contributed by atoms with Crippen molar-refractivity contribution in [1.82, 2.24) is 4.90 Å². The molecule has 0 unspecified atom stereocenters. The lowest BCUT2D eigenvalue weighted by atomic mass is 9.76. The molecule has 6 nitrogen and oxygen atoms in total. The molecule has 2 aliphatic rings. The molecule has 2 aromatic carbocycles. The zero-order chi connectivity index (χ0) is 19.7. The Kier molecular flexibility index (Phi) is 5.39. The fraction of sp³-hybridized carbons (Fsp3) is 0.381. The third-order valence-corrected chi connectivity index (χ3v) is 7.61. The second kappa shape index (κ2) is 7.80. The van der Waals surface area contributed by atoms with Crippen molar-refractivity contribution in [3.63, 3.8) is 0 Å². The number of benzene rings is 2. The Morgan fingerprint density at radius 2 is 1.71 bits per heavy atom. The molecule has 3 atom stereocenters. The number of β-lactam (4-membered cyclic amide) rings is 1. The molecular weight excluding hydrogens is 377 g/mol. The van der Waals surface area contributed by atoms with Crippen LogP contribution in [0.1, 0.15) is 22.6 Å². The quantitative estimate of drug-likeness (QED) is 0.524. The molecule has 148 valence electrons. The van der Waals surface area contributed by atoms with Crippen molar-refractivity contribution >= 4 is 13.5 Å². The van der Waals surface area contributed by atoms with Gasteiger partial charge in [-0.1, -0.05) is 54.6 Å². The molecule has 2 aliphatic heterocycles. The van der Waals surface area contributed by atoms with Crippen molar-refractivity contribution in [3.8, 4) is 0 Å². The Bertz CT molecular complexity index is 895. The molecule has 28 heavy (non-hydrogen) atoms. The van der Waals surface area contributed by atoms with E-state index >= 15 is 0 Å². The lowest BCUT2D eigenvalue weighted by Crippen LogP contribution is -2.69. The van der Waals surface area contributed by atoms with E-state index in [0.29, 0.717) is 13.2 Å². The summed E-state index contributed by atoms with van der Waals surface area (Å²) in [6, 6.07) is 17.6. The van der Waals surface area contributed by atoms with E-state index in [9.17, 15) is 9.36 Å². The van der Waals surface area contributed by atoms with Crippen molar-refractivity contribution < 1.29 is 23.1 Å². The van der Waals surface area contributed by atoms with E-state index in [1.807, 2.05) is 59.5 Å². The molecule has 4 rings (SSSR count). The zero-order valence-corrected chi connectivity index (χ0v) is 16.9. The summed E-state index contributed by atoms with van der Waals surface area (Å²) < 4.78 is 29.3. The fourth-order valence-corrected chi connectivity index (χ4v) is 5.50. The number of rotatable bonds is 7. The molecule has 0 spiro atoms. The van der Waals surface area contributed by atoms with Crippen LogP contribution >= 0.6 is 7.60 Å². The Labute approximate surface area is 164 Å². The normalized spacial score (nSPS) is 23.7. The predicted octanol–water partition coefficient (Wildman–Crippen LogP) is 3.57. The summed E-state index contributed by atoms with van der Waals surface area (Å²) in [5, 5.41) is 0. The lowest BCUT2D eigenvalue weighted by molar-refractivity contribution is -0.180. The van der Waals surface area contributed by atoms with E-state index in [2.05, 4.69) is 0 Å². The van der Waals surface area contributed by atoms with Gasteiger partial charge >= 0.3 is 7.60 Å². The van der Waals surface area contributed by atoms with Gasteiger partial charge in [-0.25, -0.2) is 0 Å². The van der Waals surface area contributed by atoms with Gasteiger partial charge in [-0.05, 0) is 16.7 Å². The second-order valence-electron chi connectivity index (χ2n) is 7.14. The number of carbonyl (C=O) groups excluding carboxylic acids is 1. The van der Waals surface area contributed by atoms with Crippen molar-refractivity contribution in [2.75, 3.05) is 20.4 Å². The molecule has 1 fully saturated rings. The number of amides is 1. The van der Waals surface area contributed by atoms with Gasteiger partial charge in [-0.15, -0.1) is 0 Å². The second-order valence-corrected chi connectivity index (χ2v) is 9.46. The highest BCUT2D eigenvalue weighted by Crippen LogP contribution is 2.54. The Morgan fingerprint density at radius 1 is 1.04 bits per heavy atom. The largest absolute Gasteiger partial charge is 0.361 e. The van der Waals surface area contributed by atoms with Crippen molar-refractivity contribution in [2.45, 2.75) is 31.2 Å². The van der Waals surface area contributed by atoms with Crippen LogP contribution in [0.5, 0.6) is 0 Å². The molecule has 0 radical (unpaired) electrons. The Morgan fingerprint density at radius 3 is 2.43 bits per heavy atom. The van der Waals surface area contributed by atoms with E-state index in [1.54, 1.807) is 0 Å². The van der Waals surface area contributed by atoms with Gasteiger partial charge in [0.05, 0.1) is 18.8 Å². The van der Waals surface area contributed by atoms with E-state index in [4.69, 9.17) is 13.8 Å². The molecule has 0 aliphatic carbocycles. The van der Waals surface area contributed by atoms with E-state index in [1.165, 1.54) is 14.2 Å². The first kappa shape index (κ1) is 19.3. The van der Waals surface area contributed by atoms with Crippen LogP contribution in [0.25, 0.3) is 0 Å². The minimum absolute atomic E-state index is 0.0231. The summed E-state index contributed by atoms with van der Waals surface area (Å²) in [6.45, 7) is 0.911. The van der Waals surface area contributed by atoms with Crippen molar-refractivity contribution in [2.24, 2.45) is 0 Å². The SMILES string of the molecule is COP(=O)(C[C@@H]1c2ccccc2CN2C(=O)[C@@H](OCc3ccccc3)[C@@H]12)OC. The van der Waals surface area contributed by atoms with Gasteiger partial charge in [-0.3, -0.25) is 9.36 Å². The van der Waals surface area contributed by atoms with Gasteiger partial charge < -0.3 is 18.7 Å². The maximum Gasteiger partial charge on any atom is 0.330 e. The average molecular weight is 401 g/mol. The topological polar surface area (TPSA) is 65.1 Å². The van der Waals surface area contributed by atoms with Crippen LogP contribution in [0.4, 0.5) is 0 Å². The molecule has 0 N–H and O–H groups in total. The molecule has 1 amide bonds. The van der Waals surface area contributed by atoms with Gasteiger partial charge in [0.25, 0.3) is 5.91 Å². The smallest absolute Gasteiger partial charge is 0.330 e. The first-order valence-corrected chi connectivity index (χ1v) is 11.0. The third-order valence-electron chi connectivity index (χ3n) is 5.65. The highest BCUT2D eigenvalue weighted by atomic mass is 31.2. The van der Waals surface area contributed by atoms with Gasteiger partial charge in [0.2, 0.25) is 0 Å². The van der Waals surface area contributed by atoms with Crippen LogP contribution in [0.15, 0.2) is 54.6 Å². The number of fused-ring (bicyclic) bond motifs is 2. The number of hydrogen-bond donors (Lipinski definition) is 0. The van der Waals surface area contributed by atoms with Gasteiger partial charge in [0, 0.05) is 26.7 Å². The summed E-state index contributed by atoms with van der Waals surface area (Å²) in [4.78, 5) is 14.6. The lowest BCUT2D eigenvalue weighted by Gasteiger charge is -2.53. The summed E-state index contributed by atoms with van der Waals surface area (Å²) >= 11 is 0. The monoisotopic (exact) mass is 401 g/mol. The van der Waals surface area contributed by atoms with Crippen LogP contribution in [0.2, 0.25) is 0 Å². The molecule has 2 aromatic rings. The maximum absolute atomic E-state index is 12.9. The van der Waals surface area contributed by atoms with Gasteiger partial charge in [0.15, 0.2) is 6.10 Å². The molecule has 0 bridgehead atoms. The Hall–Kier alpha value is -1.98. The first-order valence-electron chi connectivity index (χ1n) is 9.30. The summed E-state index contributed by atoms with van der Waals surface area (Å²) in [5.41, 5.74) is 3.16. The number of hydrogen-bond acceptors (Lipinski definition) is 5. The van der Waals surface area contributed by atoms with Crippen LogP contribution < -0.4 is 0 Å². The molecule has 2 heterocycles.